The molecule has 1 rings (SSSR count). The SMILES string of the molecule is Fc1ccc(N=C=S)cc1Br. The van der Waals surface area contributed by atoms with Crippen LogP contribution in [-0.2, 0) is 0 Å². The van der Waals surface area contributed by atoms with Gasteiger partial charge in [-0.05, 0) is 46.3 Å². The molecule has 0 aliphatic carbocycles. The van der Waals surface area contributed by atoms with E-state index in [0.717, 1.165) is 0 Å². The fourth-order valence-electron chi connectivity index (χ4n) is 0.607. The van der Waals surface area contributed by atoms with E-state index in [4.69, 9.17) is 0 Å². The van der Waals surface area contributed by atoms with Crippen LogP contribution in [0.4, 0.5) is 10.1 Å². The van der Waals surface area contributed by atoms with Crippen molar-refractivity contribution < 1.29 is 4.39 Å². The highest BCUT2D eigenvalue weighted by Crippen LogP contribution is 2.21. The molecule has 0 saturated heterocycles. The molecule has 0 N–H and O–H groups in total. The molecule has 0 fully saturated rings. The molecule has 1 nitrogen and oxygen atoms in total. The predicted molar refractivity (Wildman–Crippen MR) is 48.8 cm³/mol. The fourth-order valence-corrected chi connectivity index (χ4v) is 1.08. The van der Waals surface area contributed by atoms with Gasteiger partial charge in [0.25, 0.3) is 0 Å². The number of benzene rings is 1. The zero-order valence-electron chi connectivity index (χ0n) is 5.34. The van der Waals surface area contributed by atoms with E-state index in [9.17, 15) is 4.39 Å². The number of thiocarbonyl (C=S) groups is 1. The summed E-state index contributed by atoms with van der Waals surface area (Å²) in [4.78, 5) is 3.68. The lowest BCUT2D eigenvalue weighted by atomic mass is 10.3. The summed E-state index contributed by atoms with van der Waals surface area (Å²) >= 11 is 7.40. The Balaban J connectivity index is 3.14. The molecule has 0 saturated carbocycles. The van der Waals surface area contributed by atoms with E-state index in [1.54, 1.807) is 0 Å². The van der Waals surface area contributed by atoms with E-state index >= 15 is 0 Å². The van der Waals surface area contributed by atoms with Gasteiger partial charge in [0, 0.05) is 0 Å². The highest BCUT2D eigenvalue weighted by Gasteiger charge is 1.97. The summed E-state index contributed by atoms with van der Waals surface area (Å²) in [5, 5.41) is 2.20. The van der Waals surface area contributed by atoms with Gasteiger partial charge in [0.05, 0.1) is 15.3 Å². The first-order chi connectivity index (χ1) is 5.24. The molecule has 0 bridgehead atoms. The van der Waals surface area contributed by atoms with Crippen molar-refractivity contribution in [3.63, 3.8) is 0 Å². The average Bonchev–Trinajstić information content (AvgIpc) is 1.98. The van der Waals surface area contributed by atoms with Crippen molar-refractivity contribution in [2.75, 3.05) is 0 Å². The van der Waals surface area contributed by atoms with Crippen molar-refractivity contribution in [3.05, 3.63) is 28.5 Å². The molecule has 0 amide bonds. The molecule has 0 radical (unpaired) electrons. The van der Waals surface area contributed by atoms with Gasteiger partial charge in [-0.1, -0.05) is 0 Å². The third kappa shape index (κ3) is 2.19. The van der Waals surface area contributed by atoms with Crippen molar-refractivity contribution in [1.82, 2.24) is 0 Å². The highest BCUT2D eigenvalue weighted by molar-refractivity contribution is 9.10. The topological polar surface area (TPSA) is 12.4 Å². The summed E-state index contributed by atoms with van der Waals surface area (Å²) in [5.41, 5.74) is 0.591. The Bertz CT molecular complexity index is 320. The van der Waals surface area contributed by atoms with Crippen molar-refractivity contribution in [2.24, 2.45) is 4.99 Å². The summed E-state index contributed by atoms with van der Waals surface area (Å²) in [6, 6.07) is 4.38. The molecule has 0 heterocycles. The Labute approximate surface area is 77.1 Å². The molecule has 0 aliphatic rings. The summed E-state index contributed by atoms with van der Waals surface area (Å²) in [5.74, 6) is -0.312. The van der Waals surface area contributed by atoms with E-state index in [2.05, 4.69) is 38.3 Å². The molecule has 1 aromatic carbocycles. The number of nitrogens with zero attached hydrogens (tertiary/aromatic N) is 1. The molecule has 4 heteroatoms. The van der Waals surface area contributed by atoms with Crippen LogP contribution in [0.2, 0.25) is 0 Å². The van der Waals surface area contributed by atoms with Gasteiger partial charge in [-0.3, -0.25) is 0 Å². The number of rotatable bonds is 1. The summed E-state index contributed by atoms with van der Waals surface area (Å²) in [6.45, 7) is 0. The summed E-state index contributed by atoms with van der Waals surface area (Å²) < 4.78 is 13.0. The molecule has 11 heavy (non-hydrogen) atoms. The number of halogens is 2. The Kier molecular flexibility index (Phi) is 2.88. The second kappa shape index (κ2) is 3.72. The third-order valence-corrected chi connectivity index (χ3v) is 1.78. The van der Waals surface area contributed by atoms with Crippen LogP contribution in [0.25, 0.3) is 0 Å². The first-order valence-electron chi connectivity index (χ1n) is 2.77. The quantitative estimate of drug-likeness (QED) is 0.534. The summed E-state index contributed by atoms with van der Waals surface area (Å²) in [6.07, 6.45) is 0. The van der Waals surface area contributed by atoms with Crippen molar-refractivity contribution in [3.8, 4) is 0 Å². The number of aliphatic imine (C=N–C) groups is 1. The van der Waals surface area contributed by atoms with Crippen LogP contribution in [-0.4, -0.2) is 5.16 Å². The molecule has 56 valence electrons. The number of hydrogen-bond donors (Lipinski definition) is 0. The molecule has 0 aromatic heterocycles. The Morgan fingerprint density at radius 1 is 1.55 bits per heavy atom. The minimum Gasteiger partial charge on any atom is -0.206 e. The zero-order chi connectivity index (χ0) is 8.27. The lowest BCUT2D eigenvalue weighted by molar-refractivity contribution is 0.621. The van der Waals surface area contributed by atoms with Gasteiger partial charge in [0.2, 0.25) is 0 Å². The monoisotopic (exact) mass is 231 g/mol. The first kappa shape index (κ1) is 8.53. The van der Waals surface area contributed by atoms with Crippen molar-refractivity contribution >= 4 is 39.0 Å². The maximum Gasteiger partial charge on any atom is 0.137 e. The van der Waals surface area contributed by atoms with Gasteiger partial charge in [-0.15, -0.1) is 0 Å². The third-order valence-electron chi connectivity index (χ3n) is 1.08. The van der Waals surface area contributed by atoms with Gasteiger partial charge >= 0.3 is 0 Å². The van der Waals surface area contributed by atoms with Crippen molar-refractivity contribution in [1.29, 1.82) is 0 Å². The van der Waals surface area contributed by atoms with Crippen molar-refractivity contribution in [2.45, 2.75) is 0 Å². The van der Waals surface area contributed by atoms with Crippen LogP contribution in [0.1, 0.15) is 0 Å². The molecule has 0 aliphatic heterocycles. The van der Waals surface area contributed by atoms with E-state index < -0.39 is 0 Å². The smallest absolute Gasteiger partial charge is 0.137 e. The highest BCUT2D eigenvalue weighted by atomic mass is 79.9. The van der Waals surface area contributed by atoms with Crippen LogP contribution in [0.3, 0.4) is 0 Å². The molecule has 0 spiro atoms. The van der Waals surface area contributed by atoms with Gasteiger partial charge < -0.3 is 0 Å². The molecule has 0 atom stereocenters. The average molecular weight is 232 g/mol. The second-order valence-corrected chi connectivity index (χ2v) is 2.84. The molecular weight excluding hydrogens is 229 g/mol. The van der Waals surface area contributed by atoms with Gasteiger partial charge in [-0.25, -0.2) is 4.39 Å². The normalized spacial score (nSPS) is 8.91. The lowest BCUT2D eigenvalue weighted by Crippen LogP contribution is -1.73. The maximum atomic E-state index is 12.6. The number of isothiocyanates is 1. The van der Waals surface area contributed by atoms with E-state index in [-0.39, 0.29) is 5.82 Å². The van der Waals surface area contributed by atoms with E-state index in [0.29, 0.717) is 10.2 Å². The van der Waals surface area contributed by atoms with Gasteiger partial charge in [-0.2, -0.15) is 4.99 Å². The Morgan fingerprint density at radius 3 is 2.82 bits per heavy atom. The van der Waals surface area contributed by atoms with Crippen LogP contribution in [0.5, 0.6) is 0 Å². The molecular formula is C7H3BrFNS. The Morgan fingerprint density at radius 2 is 2.27 bits per heavy atom. The summed E-state index contributed by atoms with van der Waals surface area (Å²) in [7, 11) is 0. The predicted octanol–water partition coefficient (Wildman–Crippen LogP) is 3.32. The zero-order valence-corrected chi connectivity index (χ0v) is 7.75. The van der Waals surface area contributed by atoms with E-state index in [1.165, 1.54) is 18.2 Å². The minimum atomic E-state index is -0.312. The van der Waals surface area contributed by atoms with Crippen LogP contribution in [0, 0.1) is 5.82 Å². The van der Waals surface area contributed by atoms with Gasteiger partial charge in [0.15, 0.2) is 0 Å². The molecule has 0 unspecified atom stereocenters. The largest absolute Gasteiger partial charge is 0.206 e. The van der Waals surface area contributed by atoms with Crippen LogP contribution < -0.4 is 0 Å². The fraction of sp³-hybridized carbons (Fsp3) is 0. The minimum absolute atomic E-state index is 0.312. The lowest BCUT2D eigenvalue weighted by Gasteiger charge is -1.93. The first-order valence-corrected chi connectivity index (χ1v) is 3.97. The molecule has 1 aromatic rings. The second-order valence-electron chi connectivity index (χ2n) is 1.80. The standard InChI is InChI=1S/C7H3BrFNS/c8-6-3-5(10-4-11)1-2-7(6)9/h1-3H. The van der Waals surface area contributed by atoms with Crippen LogP contribution in [0.15, 0.2) is 27.7 Å². The number of hydrogen-bond acceptors (Lipinski definition) is 2. The van der Waals surface area contributed by atoms with Crippen LogP contribution >= 0.6 is 28.1 Å². The maximum absolute atomic E-state index is 12.6. The van der Waals surface area contributed by atoms with Gasteiger partial charge in [0.1, 0.15) is 5.82 Å². The van der Waals surface area contributed by atoms with E-state index in [1.807, 2.05) is 0 Å². The Hall–Kier alpha value is -0.570.